The van der Waals surface area contributed by atoms with E-state index in [4.69, 9.17) is 23.7 Å². The molecule has 0 aromatic heterocycles. The summed E-state index contributed by atoms with van der Waals surface area (Å²) in [6, 6.07) is 28.8. The summed E-state index contributed by atoms with van der Waals surface area (Å²) < 4.78 is 27.1. The molecule has 176 valence electrons. The number of hydrogen-bond donors (Lipinski definition) is 0. The Hall–Kier alpha value is -2.90. The third-order valence-corrected chi connectivity index (χ3v) is 4.80. The van der Waals surface area contributed by atoms with Crippen LogP contribution < -0.4 is 9.64 Å². The first-order valence-corrected chi connectivity index (χ1v) is 11.2. The Kier molecular flexibility index (Phi) is 11.3. The van der Waals surface area contributed by atoms with Gasteiger partial charge < -0.3 is 28.6 Å². The van der Waals surface area contributed by atoms with Crippen molar-refractivity contribution in [2.24, 2.45) is 0 Å². The Morgan fingerprint density at radius 3 is 1.39 bits per heavy atom. The van der Waals surface area contributed by atoms with Crippen molar-refractivity contribution < 1.29 is 23.7 Å². The van der Waals surface area contributed by atoms with Gasteiger partial charge in [0.05, 0.1) is 46.2 Å². The number of hydrogen-bond acceptors (Lipinski definition) is 6. The van der Waals surface area contributed by atoms with Crippen molar-refractivity contribution in [1.29, 1.82) is 0 Å². The largest absolute Gasteiger partial charge is 0.491 e. The smallest absolute Gasteiger partial charge is 0.119 e. The average molecular weight is 452 g/mol. The number of anilines is 3. The highest BCUT2D eigenvalue weighted by atomic mass is 16.6. The maximum atomic E-state index is 5.82. The molecule has 0 heterocycles. The quantitative estimate of drug-likeness (QED) is 0.278. The molecule has 3 rings (SSSR count). The highest BCUT2D eigenvalue weighted by Crippen LogP contribution is 2.34. The fourth-order valence-corrected chi connectivity index (χ4v) is 3.20. The first-order valence-electron chi connectivity index (χ1n) is 11.2. The number of rotatable bonds is 16. The maximum Gasteiger partial charge on any atom is 0.119 e. The lowest BCUT2D eigenvalue weighted by Crippen LogP contribution is -2.13. The summed E-state index contributed by atoms with van der Waals surface area (Å²) in [5, 5.41) is 0. The van der Waals surface area contributed by atoms with Gasteiger partial charge in [-0.15, -0.1) is 0 Å². The first-order chi connectivity index (χ1) is 16.4. The van der Waals surface area contributed by atoms with Gasteiger partial charge in [0.1, 0.15) is 12.4 Å². The molecular weight excluding hydrogens is 418 g/mol. The molecule has 3 aromatic carbocycles. The molecule has 0 atom stereocenters. The molecule has 0 saturated carbocycles. The minimum absolute atomic E-state index is 0.487. The SMILES string of the molecule is COCCOCCOCCOCCOc1ccc(N(c2ccccc2)c2ccccc2)cc1. The molecule has 0 spiro atoms. The van der Waals surface area contributed by atoms with Crippen molar-refractivity contribution >= 4 is 17.1 Å². The summed E-state index contributed by atoms with van der Waals surface area (Å²) in [6.07, 6.45) is 0. The third kappa shape index (κ3) is 8.86. The van der Waals surface area contributed by atoms with Gasteiger partial charge >= 0.3 is 0 Å². The van der Waals surface area contributed by atoms with Gasteiger partial charge in [-0.05, 0) is 48.5 Å². The lowest BCUT2D eigenvalue weighted by molar-refractivity contribution is 0.000164. The summed E-state index contributed by atoms with van der Waals surface area (Å²) in [6.45, 7) is 4.37. The molecule has 0 radical (unpaired) electrons. The van der Waals surface area contributed by atoms with E-state index < -0.39 is 0 Å². The first kappa shape index (κ1) is 24.7. The van der Waals surface area contributed by atoms with Crippen molar-refractivity contribution in [3.63, 3.8) is 0 Å². The molecule has 0 aliphatic heterocycles. The second kappa shape index (κ2) is 15.0. The predicted octanol–water partition coefficient (Wildman–Crippen LogP) is 5.23. The third-order valence-electron chi connectivity index (χ3n) is 4.80. The summed E-state index contributed by atoms with van der Waals surface area (Å²) in [4.78, 5) is 2.22. The van der Waals surface area contributed by atoms with E-state index in [-0.39, 0.29) is 0 Å². The molecule has 6 heteroatoms. The number of methoxy groups -OCH3 is 1. The number of para-hydroxylation sites is 2. The standard InChI is InChI=1S/C27H33NO5/c1-29-16-17-30-18-19-31-20-21-32-22-23-33-27-14-12-26(13-15-27)28(24-8-4-2-5-9-24)25-10-6-3-7-11-25/h2-15H,16-23H2,1H3. The van der Waals surface area contributed by atoms with Gasteiger partial charge in [0.15, 0.2) is 0 Å². The van der Waals surface area contributed by atoms with Crippen molar-refractivity contribution in [2.45, 2.75) is 0 Å². The van der Waals surface area contributed by atoms with Crippen LogP contribution >= 0.6 is 0 Å². The van der Waals surface area contributed by atoms with Gasteiger partial charge in [0.2, 0.25) is 0 Å². The molecule has 33 heavy (non-hydrogen) atoms. The van der Waals surface area contributed by atoms with Gasteiger partial charge in [-0.2, -0.15) is 0 Å². The van der Waals surface area contributed by atoms with Gasteiger partial charge in [-0.3, -0.25) is 0 Å². The molecule has 0 unspecified atom stereocenters. The number of ether oxygens (including phenoxy) is 5. The van der Waals surface area contributed by atoms with Crippen molar-refractivity contribution in [3.05, 3.63) is 84.9 Å². The molecule has 0 fully saturated rings. The maximum absolute atomic E-state index is 5.82. The predicted molar refractivity (Wildman–Crippen MR) is 131 cm³/mol. The fraction of sp³-hybridized carbons (Fsp3) is 0.333. The normalized spacial score (nSPS) is 10.8. The molecule has 0 N–H and O–H groups in total. The molecule has 3 aromatic rings. The minimum Gasteiger partial charge on any atom is -0.491 e. The van der Waals surface area contributed by atoms with Crippen LogP contribution in [0.4, 0.5) is 17.1 Å². The van der Waals surface area contributed by atoms with Crippen molar-refractivity contribution in [2.75, 3.05) is 64.9 Å². The van der Waals surface area contributed by atoms with Crippen LogP contribution in [-0.4, -0.2) is 60.0 Å². The van der Waals surface area contributed by atoms with Crippen LogP contribution in [0.15, 0.2) is 84.9 Å². The Morgan fingerprint density at radius 1 is 0.485 bits per heavy atom. The zero-order chi connectivity index (χ0) is 23.0. The van der Waals surface area contributed by atoms with Crippen LogP contribution in [0.1, 0.15) is 0 Å². The molecule has 0 aliphatic rings. The van der Waals surface area contributed by atoms with E-state index in [1.54, 1.807) is 7.11 Å². The lowest BCUT2D eigenvalue weighted by Gasteiger charge is -2.25. The Balaban J connectivity index is 1.39. The van der Waals surface area contributed by atoms with Crippen LogP contribution in [-0.2, 0) is 18.9 Å². The molecule has 0 saturated heterocycles. The van der Waals surface area contributed by atoms with Gasteiger partial charge in [0, 0.05) is 24.2 Å². The number of benzene rings is 3. The van der Waals surface area contributed by atoms with E-state index in [0.717, 1.165) is 22.8 Å². The van der Waals surface area contributed by atoms with E-state index in [2.05, 4.69) is 41.3 Å². The summed E-state index contributed by atoms with van der Waals surface area (Å²) in [7, 11) is 1.65. The summed E-state index contributed by atoms with van der Waals surface area (Å²) in [5.74, 6) is 0.813. The van der Waals surface area contributed by atoms with Crippen molar-refractivity contribution in [1.82, 2.24) is 0 Å². The van der Waals surface area contributed by atoms with E-state index >= 15 is 0 Å². The topological polar surface area (TPSA) is 49.4 Å². The minimum atomic E-state index is 0.487. The van der Waals surface area contributed by atoms with E-state index in [9.17, 15) is 0 Å². The van der Waals surface area contributed by atoms with Crippen LogP contribution in [0.5, 0.6) is 5.75 Å². The Labute approximate surface area is 196 Å². The highest BCUT2D eigenvalue weighted by Gasteiger charge is 2.11. The van der Waals surface area contributed by atoms with Crippen LogP contribution in [0, 0.1) is 0 Å². The van der Waals surface area contributed by atoms with E-state index in [0.29, 0.717) is 52.9 Å². The monoisotopic (exact) mass is 451 g/mol. The number of nitrogens with zero attached hydrogens (tertiary/aromatic N) is 1. The molecule has 0 bridgehead atoms. The zero-order valence-corrected chi connectivity index (χ0v) is 19.2. The summed E-state index contributed by atoms with van der Waals surface area (Å²) >= 11 is 0. The highest BCUT2D eigenvalue weighted by molar-refractivity contribution is 5.76. The lowest BCUT2D eigenvalue weighted by atomic mass is 10.2. The average Bonchev–Trinajstić information content (AvgIpc) is 2.87. The van der Waals surface area contributed by atoms with E-state index in [1.807, 2.05) is 48.5 Å². The van der Waals surface area contributed by atoms with Crippen LogP contribution in [0.3, 0.4) is 0 Å². The molecule has 0 amide bonds. The second-order valence-electron chi connectivity index (χ2n) is 7.18. The zero-order valence-electron chi connectivity index (χ0n) is 19.2. The van der Waals surface area contributed by atoms with Crippen molar-refractivity contribution in [3.8, 4) is 5.75 Å². The van der Waals surface area contributed by atoms with Gasteiger partial charge in [-0.1, -0.05) is 36.4 Å². The second-order valence-corrected chi connectivity index (χ2v) is 7.18. The van der Waals surface area contributed by atoms with Gasteiger partial charge in [0.25, 0.3) is 0 Å². The van der Waals surface area contributed by atoms with Crippen LogP contribution in [0.2, 0.25) is 0 Å². The molecule has 6 nitrogen and oxygen atoms in total. The van der Waals surface area contributed by atoms with Crippen LogP contribution in [0.25, 0.3) is 0 Å². The fourth-order valence-electron chi connectivity index (χ4n) is 3.20. The van der Waals surface area contributed by atoms with E-state index in [1.165, 1.54) is 0 Å². The Morgan fingerprint density at radius 2 is 0.909 bits per heavy atom. The Bertz CT molecular complexity index is 835. The van der Waals surface area contributed by atoms with Gasteiger partial charge in [-0.25, -0.2) is 0 Å². The molecule has 0 aliphatic carbocycles. The summed E-state index contributed by atoms with van der Waals surface area (Å²) in [5.41, 5.74) is 3.28. The molecular formula is C27H33NO5.